The van der Waals surface area contributed by atoms with Crippen molar-refractivity contribution >= 4 is 45.2 Å². The number of hydrogen-bond acceptors (Lipinski definition) is 8. The van der Waals surface area contributed by atoms with Gasteiger partial charge in [0, 0.05) is 22.8 Å². The predicted octanol–water partition coefficient (Wildman–Crippen LogP) is 4.54. The number of aryl methyl sites for hydroxylation is 1. The van der Waals surface area contributed by atoms with Crippen molar-refractivity contribution in [1.82, 2.24) is 15.0 Å². The second kappa shape index (κ2) is 10.3. The molecule has 0 atom stereocenters. The highest BCUT2D eigenvalue weighted by Gasteiger charge is 2.26. The number of aromatic nitrogens is 3. The van der Waals surface area contributed by atoms with Gasteiger partial charge in [-0.05, 0) is 61.6 Å². The molecule has 0 radical (unpaired) electrons. The molecule has 0 fully saturated rings. The van der Waals surface area contributed by atoms with Gasteiger partial charge in [0.25, 0.3) is 5.91 Å². The fourth-order valence-electron chi connectivity index (χ4n) is 4.30. The number of hydrogen-bond donors (Lipinski definition) is 2. The number of anilines is 1. The van der Waals surface area contributed by atoms with Crippen molar-refractivity contribution in [2.75, 3.05) is 19.0 Å². The summed E-state index contributed by atoms with van der Waals surface area (Å²) in [7, 11) is 1.33. The predicted molar refractivity (Wildman–Crippen MR) is 135 cm³/mol. The Morgan fingerprint density at radius 1 is 1.11 bits per heavy atom. The lowest BCUT2D eigenvalue weighted by Crippen LogP contribution is -2.21. The summed E-state index contributed by atoms with van der Waals surface area (Å²) in [4.78, 5) is 50.6. The minimum atomic E-state index is -0.639. The highest BCUT2D eigenvalue weighted by molar-refractivity contribution is 7.17. The van der Waals surface area contributed by atoms with E-state index in [9.17, 15) is 14.4 Å². The first kappa shape index (κ1) is 23.7. The van der Waals surface area contributed by atoms with Gasteiger partial charge in [-0.25, -0.2) is 14.6 Å². The number of ether oxygens (including phenoxy) is 2. The van der Waals surface area contributed by atoms with Gasteiger partial charge < -0.3 is 19.8 Å². The lowest BCUT2D eigenvalue weighted by Gasteiger charge is -2.08. The zero-order valence-corrected chi connectivity index (χ0v) is 20.4. The molecule has 1 aromatic carbocycles. The molecule has 0 aliphatic heterocycles. The van der Waals surface area contributed by atoms with Gasteiger partial charge in [0.1, 0.15) is 10.8 Å². The number of carbonyl (C=O) groups is 3. The van der Waals surface area contributed by atoms with Crippen molar-refractivity contribution in [2.45, 2.75) is 32.1 Å². The molecule has 0 saturated heterocycles. The Kier molecular flexibility index (Phi) is 6.77. The van der Waals surface area contributed by atoms with Crippen LogP contribution in [0.2, 0.25) is 0 Å². The average molecular weight is 505 g/mol. The molecule has 0 spiro atoms. The third-order valence-electron chi connectivity index (χ3n) is 6.05. The number of methoxy groups -OCH3 is 1. The van der Waals surface area contributed by atoms with Crippen LogP contribution in [0.3, 0.4) is 0 Å². The van der Waals surface area contributed by atoms with Crippen molar-refractivity contribution in [1.29, 1.82) is 0 Å². The summed E-state index contributed by atoms with van der Waals surface area (Å²) in [6.45, 7) is -0.482. The summed E-state index contributed by atoms with van der Waals surface area (Å²) in [5.74, 6) is -0.995. The standard InChI is InChI=1S/C26H24N4O5S/c1-34-26(33)22-17-7-3-2-4-8-20(17)36-24(22)30-21(31)14-35-25(32)15-9-10-18-19(12-15)29-23(28-18)16-6-5-11-27-13-16/h5-6,9-13H,2-4,7-8,14H2,1H3,(H,28,29)(H,30,31). The first-order valence-corrected chi connectivity index (χ1v) is 12.4. The van der Waals surface area contributed by atoms with Gasteiger partial charge in [0.15, 0.2) is 6.61 Å². The average Bonchev–Trinajstić information content (AvgIpc) is 3.40. The van der Waals surface area contributed by atoms with Crippen LogP contribution < -0.4 is 5.32 Å². The molecule has 0 bridgehead atoms. The van der Waals surface area contributed by atoms with E-state index in [1.807, 2.05) is 12.1 Å². The molecule has 1 amide bonds. The summed E-state index contributed by atoms with van der Waals surface area (Å²) in [5, 5.41) is 3.18. The molecule has 2 N–H and O–H groups in total. The van der Waals surface area contributed by atoms with Gasteiger partial charge in [-0.2, -0.15) is 0 Å². The lowest BCUT2D eigenvalue weighted by atomic mass is 10.1. The SMILES string of the molecule is COC(=O)c1c(NC(=O)COC(=O)c2ccc3nc(-c4cccnc4)[nH]c3c2)sc2c1CCCCC2. The second-order valence-electron chi connectivity index (χ2n) is 8.44. The van der Waals surface area contributed by atoms with Crippen molar-refractivity contribution in [3.8, 4) is 11.4 Å². The number of nitrogens with zero attached hydrogens (tertiary/aromatic N) is 2. The van der Waals surface area contributed by atoms with Gasteiger partial charge in [0.05, 0.1) is 29.3 Å². The summed E-state index contributed by atoms with van der Waals surface area (Å²) >= 11 is 1.39. The number of imidazole rings is 1. The number of pyridine rings is 1. The van der Waals surface area contributed by atoms with Crippen LogP contribution in [0.25, 0.3) is 22.4 Å². The topological polar surface area (TPSA) is 123 Å². The molecule has 9 nitrogen and oxygen atoms in total. The van der Waals surface area contributed by atoms with E-state index in [-0.39, 0.29) is 5.56 Å². The number of rotatable bonds is 6. The number of fused-ring (bicyclic) bond motifs is 2. The van der Waals surface area contributed by atoms with Crippen molar-refractivity contribution < 1.29 is 23.9 Å². The maximum absolute atomic E-state index is 12.6. The van der Waals surface area contributed by atoms with Crippen molar-refractivity contribution in [3.05, 3.63) is 64.3 Å². The van der Waals surface area contributed by atoms with Crippen molar-refractivity contribution in [3.63, 3.8) is 0 Å². The van der Waals surface area contributed by atoms with E-state index in [1.54, 1.807) is 30.6 Å². The Balaban J connectivity index is 1.26. The Morgan fingerprint density at radius 2 is 1.97 bits per heavy atom. The molecule has 10 heteroatoms. The molecule has 4 aromatic rings. The Morgan fingerprint density at radius 3 is 2.78 bits per heavy atom. The van der Waals surface area contributed by atoms with Gasteiger partial charge in [-0.1, -0.05) is 6.42 Å². The maximum Gasteiger partial charge on any atom is 0.341 e. The number of benzene rings is 1. The minimum Gasteiger partial charge on any atom is -0.465 e. The molecule has 0 saturated carbocycles. The van der Waals surface area contributed by atoms with Crippen molar-refractivity contribution in [2.24, 2.45) is 0 Å². The maximum atomic E-state index is 12.6. The third-order valence-corrected chi connectivity index (χ3v) is 7.26. The number of H-pyrrole nitrogens is 1. The molecule has 1 aliphatic rings. The Bertz CT molecular complexity index is 1440. The molecular formula is C26H24N4O5S. The van der Waals surface area contributed by atoms with E-state index in [0.717, 1.165) is 48.1 Å². The van der Waals surface area contributed by atoms with E-state index in [4.69, 9.17) is 9.47 Å². The van der Waals surface area contributed by atoms with Gasteiger partial charge >= 0.3 is 11.9 Å². The number of nitrogens with one attached hydrogen (secondary N) is 2. The van der Waals surface area contributed by atoms with Crippen LogP contribution in [0.1, 0.15) is 50.4 Å². The smallest absolute Gasteiger partial charge is 0.341 e. The number of thiophene rings is 1. The molecule has 3 heterocycles. The van der Waals surface area contributed by atoms with Gasteiger partial charge in [-0.3, -0.25) is 9.78 Å². The summed E-state index contributed by atoms with van der Waals surface area (Å²) in [6.07, 6.45) is 8.16. The molecule has 3 aromatic heterocycles. The highest BCUT2D eigenvalue weighted by atomic mass is 32.1. The van der Waals surface area contributed by atoms with E-state index < -0.39 is 24.5 Å². The van der Waals surface area contributed by atoms with E-state index >= 15 is 0 Å². The van der Waals surface area contributed by atoms with E-state index in [1.165, 1.54) is 18.4 Å². The van der Waals surface area contributed by atoms with Crippen LogP contribution in [0.5, 0.6) is 0 Å². The fraction of sp³-hybridized carbons (Fsp3) is 0.269. The number of carbonyl (C=O) groups excluding carboxylic acids is 3. The van der Waals surface area contributed by atoms with Crippen LogP contribution in [-0.4, -0.2) is 46.5 Å². The monoisotopic (exact) mass is 504 g/mol. The van der Waals surface area contributed by atoms with E-state index in [2.05, 4.69) is 20.3 Å². The molecule has 5 rings (SSSR count). The zero-order valence-electron chi connectivity index (χ0n) is 19.6. The number of amides is 1. The van der Waals surface area contributed by atoms with Crippen LogP contribution >= 0.6 is 11.3 Å². The summed E-state index contributed by atoms with van der Waals surface area (Å²) in [6, 6.07) is 8.65. The molecule has 1 aliphatic carbocycles. The van der Waals surface area contributed by atoms with Crippen LogP contribution in [0.4, 0.5) is 5.00 Å². The molecule has 0 unspecified atom stereocenters. The molecule has 36 heavy (non-hydrogen) atoms. The summed E-state index contributed by atoms with van der Waals surface area (Å²) in [5.41, 5.74) is 3.83. The number of aromatic amines is 1. The molecule has 184 valence electrons. The summed E-state index contributed by atoms with van der Waals surface area (Å²) < 4.78 is 10.2. The first-order chi connectivity index (χ1) is 17.5. The molecular weight excluding hydrogens is 480 g/mol. The Labute approximate surface area is 210 Å². The normalized spacial score (nSPS) is 13.0. The Hall–Kier alpha value is -4.05. The minimum absolute atomic E-state index is 0.287. The van der Waals surface area contributed by atoms with Crippen LogP contribution in [0.15, 0.2) is 42.7 Å². The fourth-order valence-corrected chi connectivity index (χ4v) is 5.60. The number of esters is 2. The van der Waals surface area contributed by atoms with E-state index in [0.29, 0.717) is 27.4 Å². The zero-order chi connectivity index (χ0) is 25.1. The largest absolute Gasteiger partial charge is 0.465 e. The lowest BCUT2D eigenvalue weighted by molar-refractivity contribution is -0.119. The second-order valence-corrected chi connectivity index (χ2v) is 9.55. The quantitative estimate of drug-likeness (QED) is 0.292. The van der Waals surface area contributed by atoms with Gasteiger partial charge in [0.2, 0.25) is 0 Å². The highest BCUT2D eigenvalue weighted by Crippen LogP contribution is 2.38. The first-order valence-electron chi connectivity index (χ1n) is 11.6. The van der Waals surface area contributed by atoms with Crippen LogP contribution in [0, 0.1) is 0 Å². The van der Waals surface area contributed by atoms with Crippen LogP contribution in [-0.2, 0) is 27.1 Å². The van der Waals surface area contributed by atoms with Gasteiger partial charge in [-0.15, -0.1) is 11.3 Å². The third kappa shape index (κ3) is 4.85.